The molecule has 2 amide bonds. The third-order valence-corrected chi connectivity index (χ3v) is 2.16. The number of amides is 2. The van der Waals surface area contributed by atoms with Gasteiger partial charge in [0.25, 0.3) is 0 Å². The maximum absolute atomic E-state index is 11.3. The zero-order valence-corrected chi connectivity index (χ0v) is 10.1. The quantitative estimate of drug-likeness (QED) is 0.520. The van der Waals surface area contributed by atoms with Crippen molar-refractivity contribution in [2.75, 3.05) is 20.6 Å². The molecule has 0 bridgehead atoms. The van der Waals surface area contributed by atoms with Crippen molar-refractivity contribution in [3.63, 3.8) is 0 Å². The van der Waals surface area contributed by atoms with Crippen molar-refractivity contribution in [1.82, 2.24) is 10.2 Å². The molecule has 0 aliphatic carbocycles. The number of carboxylic acid groups (broad SMARTS) is 1. The van der Waals surface area contributed by atoms with Gasteiger partial charge in [-0.15, -0.1) is 0 Å². The summed E-state index contributed by atoms with van der Waals surface area (Å²) in [6.45, 7) is 0.197. The van der Waals surface area contributed by atoms with Crippen molar-refractivity contribution in [3.8, 4) is 0 Å². The van der Waals surface area contributed by atoms with Gasteiger partial charge in [0.1, 0.15) is 6.04 Å². The van der Waals surface area contributed by atoms with E-state index in [2.05, 4.69) is 5.32 Å². The Morgan fingerprint density at radius 3 is 2.35 bits per heavy atom. The van der Waals surface area contributed by atoms with E-state index in [4.69, 9.17) is 10.8 Å². The highest BCUT2D eigenvalue weighted by Gasteiger charge is 2.12. The lowest BCUT2D eigenvalue weighted by atomic mass is 10.2. The largest absolute Gasteiger partial charge is 0.480 e. The Labute approximate surface area is 100.0 Å². The second-order valence-electron chi connectivity index (χ2n) is 3.87. The molecule has 0 saturated carbocycles. The Kier molecular flexibility index (Phi) is 6.88. The van der Waals surface area contributed by atoms with Gasteiger partial charge in [-0.25, -0.2) is 0 Å². The molecule has 0 aliphatic heterocycles. The number of nitrogens with two attached hydrogens (primary N) is 1. The fraction of sp³-hybridized carbons (Fsp3) is 0.700. The SMILES string of the molecule is CN(C)C(=O)CCC(=O)NCC[C@H](N)C(=O)O. The molecule has 0 aromatic rings. The standard InChI is InChI=1S/C10H19N3O4/c1-13(2)9(15)4-3-8(14)12-6-5-7(11)10(16)17/h7H,3-6,11H2,1-2H3,(H,12,14)(H,16,17)/t7-/m0/s1. The van der Waals surface area contributed by atoms with E-state index >= 15 is 0 Å². The first-order chi connectivity index (χ1) is 7.84. The number of hydrogen-bond donors (Lipinski definition) is 3. The first-order valence-corrected chi connectivity index (χ1v) is 5.29. The molecule has 7 heteroatoms. The fourth-order valence-corrected chi connectivity index (χ4v) is 1.02. The Bertz CT molecular complexity index is 291. The average molecular weight is 245 g/mol. The predicted molar refractivity (Wildman–Crippen MR) is 61.2 cm³/mol. The summed E-state index contributed by atoms with van der Waals surface area (Å²) < 4.78 is 0. The minimum atomic E-state index is -1.10. The molecule has 17 heavy (non-hydrogen) atoms. The second kappa shape index (κ2) is 7.61. The van der Waals surface area contributed by atoms with Gasteiger partial charge >= 0.3 is 5.97 Å². The second-order valence-corrected chi connectivity index (χ2v) is 3.87. The number of aliphatic carboxylic acids is 1. The number of carbonyl (C=O) groups excluding carboxylic acids is 2. The number of carboxylic acids is 1. The zero-order chi connectivity index (χ0) is 13.4. The van der Waals surface area contributed by atoms with E-state index in [1.165, 1.54) is 4.90 Å². The van der Waals surface area contributed by atoms with Gasteiger partial charge in [0.15, 0.2) is 0 Å². The van der Waals surface area contributed by atoms with Crippen LogP contribution in [0, 0.1) is 0 Å². The summed E-state index contributed by atoms with van der Waals surface area (Å²) in [5.41, 5.74) is 5.25. The highest BCUT2D eigenvalue weighted by atomic mass is 16.4. The zero-order valence-electron chi connectivity index (χ0n) is 10.1. The van der Waals surface area contributed by atoms with E-state index in [0.717, 1.165) is 0 Å². The van der Waals surface area contributed by atoms with Gasteiger partial charge in [-0.2, -0.15) is 0 Å². The molecule has 0 aliphatic rings. The molecular weight excluding hydrogens is 226 g/mol. The van der Waals surface area contributed by atoms with E-state index < -0.39 is 12.0 Å². The highest BCUT2D eigenvalue weighted by molar-refractivity contribution is 5.83. The van der Waals surface area contributed by atoms with Gasteiger partial charge in [-0.05, 0) is 6.42 Å². The van der Waals surface area contributed by atoms with E-state index in [1.807, 2.05) is 0 Å². The summed E-state index contributed by atoms with van der Waals surface area (Å²) in [4.78, 5) is 34.2. The van der Waals surface area contributed by atoms with Crippen LogP contribution in [0.15, 0.2) is 0 Å². The maximum atomic E-state index is 11.3. The number of carbonyl (C=O) groups is 3. The molecule has 4 N–H and O–H groups in total. The van der Waals surface area contributed by atoms with Crippen LogP contribution in [0.4, 0.5) is 0 Å². The van der Waals surface area contributed by atoms with E-state index in [0.29, 0.717) is 0 Å². The van der Waals surface area contributed by atoms with E-state index in [1.54, 1.807) is 14.1 Å². The van der Waals surface area contributed by atoms with Crippen LogP contribution in [0.25, 0.3) is 0 Å². The van der Waals surface area contributed by atoms with Crippen LogP contribution >= 0.6 is 0 Å². The van der Waals surface area contributed by atoms with Crippen molar-refractivity contribution in [2.24, 2.45) is 5.73 Å². The van der Waals surface area contributed by atoms with E-state index in [-0.39, 0.29) is 37.6 Å². The van der Waals surface area contributed by atoms with Crippen LogP contribution in [-0.4, -0.2) is 54.5 Å². The minimum Gasteiger partial charge on any atom is -0.480 e. The molecule has 0 radical (unpaired) electrons. The van der Waals surface area contributed by atoms with Crippen molar-refractivity contribution in [2.45, 2.75) is 25.3 Å². The molecule has 0 unspecified atom stereocenters. The van der Waals surface area contributed by atoms with Crippen molar-refractivity contribution >= 4 is 17.8 Å². The number of rotatable bonds is 7. The van der Waals surface area contributed by atoms with Gasteiger partial charge < -0.3 is 21.1 Å². The number of nitrogens with zero attached hydrogens (tertiary/aromatic N) is 1. The molecule has 0 fully saturated rings. The first-order valence-electron chi connectivity index (χ1n) is 5.29. The summed E-state index contributed by atoms with van der Waals surface area (Å²) in [5, 5.41) is 11.0. The lowest BCUT2D eigenvalue weighted by molar-refractivity contribution is -0.138. The third kappa shape index (κ3) is 7.29. The van der Waals surface area contributed by atoms with Crippen LogP contribution in [0.3, 0.4) is 0 Å². The average Bonchev–Trinajstić information content (AvgIpc) is 2.25. The summed E-state index contributed by atoms with van der Waals surface area (Å²) in [6.07, 6.45) is 0.409. The van der Waals surface area contributed by atoms with Crippen molar-refractivity contribution in [1.29, 1.82) is 0 Å². The monoisotopic (exact) mass is 245 g/mol. The first kappa shape index (κ1) is 15.4. The van der Waals surface area contributed by atoms with Crippen molar-refractivity contribution in [3.05, 3.63) is 0 Å². The summed E-state index contributed by atoms with van der Waals surface area (Å²) in [7, 11) is 3.23. The fourth-order valence-electron chi connectivity index (χ4n) is 1.02. The molecule has 0 aromatic carbocycles. The molecule has 0 aromatic heterocycles. The molecule has 7 nitrogen and oxygen atoms in total. The van der Waals surface area contributed by atoms with Crippen LogP contribution in [0.2, 0.25) is 0 Å². The summed E-state index contributed by atoms with van der Waals surface area (Å²) in [5.74, 6) is -1.50. The van der Waals surface area contributed by atoms with Crippen LogP contribution in [0.1, 0.15) is 19.3 Å². The topological polar surface area (TPSA) is 113 Å². The Morgan fingerprint density at radius 1 is 1.29 bits per heavy atom. The molecule has 0 rings (SSSR count). The van der Waals surface area contributed by atoms with Crippen molar-refractivity contribution < 1.29 is 19.5 Å². The number of hydrogen-bond acceptors (Lipinski definition) is 4. The smallest absolute Gasteiger partial charge is 0.320 e. The van der Waals surface area contributed by atoms with Crippen LogP contribution in [-0.2, 0) is 14.4 Å². The summed E-state index contributed by atoms with van der Waals surface area (Å²) >= 11 is 0. The molecular formula is C10H19N3O4. The maximum Gasteiger partial charge on any atom is 0.320 e. The molecule has 0 spiro atoms. The van der Waals surface area contributed by atoms with Gasteiger partial charge in [0.2, 0.25) is 11.8 Å². The Hall–Kier alpha value is -1.63. The Balaban J connectivity index is 3.67. The highest BCUT2D eigenvalue weighted by Crippen LogP contribution is 1.94. The van der Waals surface area contributed by atoms with Gasteiger partial charge in [0, 0.05) is 33.5 Å². The van der Waals surface area contributed by atoms with E-state index in [9.17, 15) is 14.4 Å². The van der Waals surface area contributed by atoms with Gasteiger partial charge in [0.05, 0.1) is 0 Å². The van der Waals surface area contributed by atoms with Gasteiger partial charge in [-0.3, -0.25) is 14.4 Å². The predicted octanol–water partition coefficient (Wildman–Crippen LogP) is -1.23. The summed E-state index contributed by atoms with van der Waals surface area (Å²) in [6, 6.07) is -0.973. The molecule has 1 atom stereocenters. The number of nitrogens with one attached hydrogen (secondary N) is 1. The van der Waals surface area contributed by atoms with Gasteiger partial charge in [-0.1, -0.05) is 0 Å². The minimum absolute atomic E-state index is 0.0966. The molecule has 0 saturated heterocycles. The lowest BCUT2D eigenvalue weighted by Crippen LogP contribution is -2.35. The lowest BCUT2D eigenvalue weighted by Gasteiger charge is -2.10. The molecule has 0 heterocycles. The molecule has 98 valence electrons. The Morgan fingerprint density at radius 2 is 1.88 bits per heavy atom. The third-order valence-electron chi connectivity index (χ3n) is 2.16. The normalized spacial score (nSPS) is 11.7. The van der Waals surface area contributed by atoms with Crippen LogP contribution < -0.4 is 11.1 Å². The van der Waals surface area contributed by atoms with Crippen LogP contribution in [0.5, 0.6) is 0 Å².